The van der Waals surface area contributed by atoms with Crippen molar-refractivity contribution in [1.29, 1.82) is 0 Å². The predicted octanol–water partition coefficient (Wildman–Crippen LogP) is 3.71. The zero-order valence-corrected chi connectivity index (χ0v) is 8.54. The van der Waals surface area contributed by atoms with E-state index in [0.29, 0.717) is 0 Å². The Bertz CT molecular complexity index is 344. The van der Waals surface area contributed by atoms with Gasteiger partial charge >= 0.3 is 0 Å². The molecule has 0 nitrogen and oxygen atoms in total. The second-order valence-electron chi connectivity index (χ2n) is 2.87. The van der Waals surface area contributed by atoms with Crippen molar-refractivity contribution in [3.63, 3.8) is 0 Å². The molecule has 12 heavy (non-hydrogen) atoms. The van der Waals surface area contributed by atoms with Crippen molar-refractivity contribution in [1.82, 2.24) is 0 Å². The monoisotopic (exact) mass is 194 g/mol. The quantitative estimate of drug-likeness (QED) is 0.683. The van der Waals surface area contributed by atoms with Crippen molar-refractivity contribution in [2.24, 2.45) is 0 Å². The van der Waals surface area contributed by atoms with Crippen LogP contribution in [0, 0.1) is 6.92 Å². The summed E-state index contributed by atoms with van der Waals surface area (Å²) in [7, 11) is 0. The predicted molar refractivity (Wildman–Crippen MR) is 56.2 cm³/mol. The van der Waals surface area contributed by atoms with Gasteiger partial charge < -0.3 is 0 Å². The van der Waals surface area contributed by atoms with Crippen LogP contribution in [0.2, 0.25) is 0 Å². The van der Waals surface area contributed by atoms with Gasteiger partial charge in [-0.2, -0.15) is 11.3 Å². The first-order chi connectivity index (χ1) is 5.84. The van der Waals surface area contributed by atoms with E-state index in [1.165, 1.54) is 16.0 Å². The highest BCUT2D eigenvalue weighted by Gasteiger charge is 1.98. The maximum Gasteiger partial charge on any atom is 0.00171 e. The summed E-state index contributed by atoms with van der Waals surface area (Å²) in [5.74, 6) is 0. The maximum atomic E-state index is 2.27. The third kappa shape index (κ3) is 1.76. The van der Waals surface area contributed by atoms with Crippen LogP contribution in [0.15, 0.2) is 28.3 Å². The number of hydrogen-bond donors (Lipinski definition) is 0. The molecule has 2 rings (SSSR count). The van der Waals surface area contributed by atoms with Crippen molar-refractivity contribution < 1.29 is 0 Å². The molecule has 0 aliphatic rings. The molecule has 0 saturated carbocycles. The summed E-state index contributed by atoms with van der Waals surface area (Å²) in [5.41, 5.74) is 2.87. The molecule has 0 aromatic carbocycles. The van der Waals surface area contributed by atoms with E-state index in [-0.39, 0.29) is 0 Å². The number of aryl methyl sites for hydroxylation is 1. The highest BCUT2D eigenvalue weighted by Crippen LogP contribution is 2.18. The minimum absolute atomic E-state index is 1.09. The van der Waals surface area contributed by atoms with Crippen LogP contribution in [0.3, 0.4) is 0 Å². The van der Waals surface area contributed by atoms with Crippen molar-refractivity contribution in [2.45, 2.75) is 13.3 Å². The van der Waals surface area contributed by atoms with Crippen molar-refractivity contribution >= 4 is 22.7 Å². The Hall–Kier alpha value is -0.600. The van der Waals surface area contributed by atoms with Crippen LogP contribution in [0.4, 0.5) is 0 Å². The third-order valence-corrected chi connectivity index (χ3v) is 3.42. The standard InChI is InChI=1S/C10H10S2/c1-8-4-10(7-12-8)5-9-2-3-11-6-9/h2-4,6-7H,5H2,1H3. The highest BCUT2D eigenvalue weighted by molar-refractivity contribution is 7.10. The van der Waals surface area contributed by atoms with Crippen LogP contribution >= 0.6 is 22.7 Å². The van der Waals surface area contributed by atoms with Crippen LogP contribution in [0.1, 0.15) is 16.0 Å². The lowest BCUT2D eigenvalue weighted by Gasteiger charge is -1.91. The molecule has 2 aromatic rings. The van der Waals surface area contributed by atoms with Crippen LogP contribution in [0.5, 0.6) is 0 Å². The van der Waals surface area contributed by atoms with E-state index in [2.05, 4.69) is 35.2 Å². The minimum Gasteiger partial charge on any atom is -0.152 e. The Kier molecular flexibility index (Phi) is 2.28. The van der Waals surface area contributed by atoms with Crippen molar-refractivity contribution in [3.05, 3.63) is 44.3 Å². The van der Waals surface area contributed by atoms with Crippen LogP contribution in [-0.4, -0.2) is 0 Å². The average molecular weight is 194 g/mol. The van der Waals surface area contributed by atoms with Gasteiger partial charge in [-0.1, -0.05) is 0 Å². The second kappa shape index (κ2) is 3.42. The molecule has 0 atom stereocenters. The lowest BCUT2D eigenvalue weighted by Crippen LogP contribution is -1.79. The summed E-state index contributed by atoms with van der Waals surface area (Å²) in [4.78, 5) is 1.40. The summed E-state index contributed by atoms with van der Waals surface area (Å²) in [6.07, 6.45) is 1.09. The van der Waals surface area contributed by atoms with Gasteiger partial charge in [-0.25, -0.2) is 0 Å². The zero-order valence-electron chi connectivity index (χ0n) is 6.91. The summed E-state index contributed by atoms with van der Waals surface area (Å²) < 4.78 is 0. The molecule has 0 aliphatic carbocycles. The summed E-state index contributed by atoms with van der Waals surface area (Å²) in [6.45, 7) is 2.15. The molecular formula is C10H10S2. The lowest BCUT2D eigenvalue weighted by molar-refractivity contribution is 1.23. The number of rotatable bonds is 2. The Labute approximate surface area is 80.5 Å². The number of thiophene rings is 2. The van der Waals surface area contributed by atoms with Crippen molar-refractivity contribution in [2.75, 3.05) is 0 Å². The van der Waals surface area contributed by atoms with E-state index in [1.54, 1.807) is 11.3 Å². The van der Waals surface area contributed by atoms with Gasteiger partial charge in [-0.05, 0) is 52.7 Å². The van der Waals surface area contributed by atoms with Gasteiger partial charge in [0.1, 0.15) is 0 Å². The van der Waals surface area contributed by atoms with Gasteiger partial charge in [-0.15, -0.1) is 11.3 Å². The molecule has 0 bridgehead atoms. The molecule has 2 heteroatoms. The van der Waals surface area contributed by atoms with Gasteiger partial charge in [-0.3, -0.25) is 0 Å². The average Bonchev–Trinajstić information content (AvgIpc) is 2.63. The van der Waals surface area contributed by atoms with E-state index in [1.807, 2.05) is 11.3 Å². The molecule has 0 unspecified atom stereocenters. The molecular weight excluding hydrogens is 184 g/mol. The lowest BCUT2D eigenvalue weighted by atomic mass is 10.1. The van der Waals surface area contributed by atoms with Crippen LogP contribution in [0.25, 0.3) is 0 Å². The molecule has 0 radical (unpaired) electrons. The van der Waals surface area contributed by atoms with Gasteiger partial charge in [0.05, 0.1) is 0 Å². The molecule has 0 N–H and O–H groups in total. The Morgan fingerprint density at radius 1 is 1.25 bits per heavy atom. The molecule has 0 spiro atoms. The first-order valence-electron chi connectivity index (χ1n) is 3.90. The Morgan fingerprint density at radius 3 is 2.75 bits per heavy atom. The zero-order chi connectivity index (χ0) is 8.39. The number of hydrogen-bond acceptors (Lipinski definition) is 2. The van der Waals surface area contributed by atoms with Gasteiger partial charge in [0.25, 0.3) is 0 Å². The fraction of sp³-hybridized carbons (Fsp3) is 0.200. The van der Waals surface area contributed by atoms with E-state index in [9.17, 15) is 0 Å². The summed E-state index contributed by atoms with van der Waals surface area (Å²) in [6, 6.07) is 4.46. The SMILES string of the molecule is Cc1cc(Cc2ccsc2)cs1. The van der Waals surface area contributed by atoms with Crippen LogP contribution < -0.4 is 0 Å². The summed E-state index contributed by atoms with van der Waals surface area (Å²) in [5, 5.41) is 6.59. The smallest absolute Gasteiger partial charge is 0.00171 e. The fourth-order valence-electron chi connectivity index (χ4n) is 1.22. The fourth-order valence-corrected chi connectivity index (χ4v) is 2.60. The van der Waals surface area contributed by atoms with E-state index >= 15 is 0 Å². The minimum atomic E-state index is 1.09. The van der Waals surface area contributed by atoms with E-state index < -0.39 is 0 Å². The highest BCUT2D eigenvalue weighted by atomic mass is 32.1. The molecule has 2 heterocycles. The molecule has 2 aromatic heterocycles. The van der Waals surface area contributed by atoms with Gasteiger partial charge in [0, 0.05) is 4.88 Å². The molecule has 0 saturated heterocycles. The molecule has 0 aliphatic heterocycles. The first-order valence-corrected chi connectivity index (χ1v) is 5.72. The Morgan fingerprint density at radius 2 is 2.17 bits per heavy atom. The van der Waals surface area contributed by atoms with E-state index in [0.717, 1.165) is 6.42 Å². The topological polar surface area (TPSA) is 0 Å². The Balaban J connectivity index is 2.14. The van der Waals surface area contributed by atoms with Crippen LogP contribution in [-0.2, 0) is 6.42 Å². The van der Waals surface area contributed by atoms with Gasteiger partial charge in [0.2, 0.25) is 0 Å². The normalized spacial score (nSPS) is 10.4. The van der Waals surface area contributed by atoms with Gasteiger partial charge in [0.15, 0.2) is 0 Å². The summed E-state index contributed by atoms with van der Waals surface area (Å²) >= 11 is 3.60. The van der Waals surface area contributed by atoms with Crippen molar-refractivity contribution in [3.8, 4) is 0 Å². The first kappa shape index (κ1) is 8.02. The largest absolute Gasteiger partial charge is 0.152 e. The molecule has 0 fully saturated rings. The molecule has 62 valence electrons. The second-order valence-corrected chi connectivity index (χ2v) is 4.77. The molecule has 0 amide bonds. The third-order valence-electron chi connectivity index (χ3n) is 1.77. The maximum absolute atomic E-state index is 2.27. The van der Waals surface area contributed by atoms with E-state index in [4.69, 9.17) is 0 Å².